The molecule has 6 nitrogen and oxygen atoms in total. The van der Waals surface area contributed by atoms with Crippen LogP contribution < -0.4 is 10.1 Å². The van der Waals surface area contributed by atoms with Crippen LogP contribution in [0.5, 0.6) is 5.75 Å². The van der Waals surface area contributed by atoms with Gasteiger partial charge >= 0.3 is 0 Å². The molecule has 0 fully saturated rings. The molecule has 0 atom stereocenters. The first-order valence-electron chi connectivity index (χ1n) is 7.65. The van der Waals surface area contributed by atoms with E-state index in [0.717, 1.165) is 33.5 Å². The molecule has 0 bridgehead atoms. The monoisotopic (exact) mass is 341 g/mol. The summed E-state index contributed by atoms with van der Waals surface area (Å²) in [6.07, 6.45) is 1.97. The number of anilines is 2. The van der Waals surface area contributed by atoms with Crippen LogP contribution in [0.3, 0.4) is 0 Å². The zero-order valence-corrected chi connectivity index (χ0v) is 14.0. The van der Waals surface area contributed by atoms with Gasteiger partial charge in [-0.15, -0.1) is 0 Å². The van der Waals surface area contributed by atoms with Crippen LogP contribution in [0.4, 0.5) is 11.6 Å². The molecular weight excluding hydrogens is 326 g/mol. The number of ether oxygens (including phenoxy) is 1. The number of fused-ring (bicyclic) bond motifs is 2. The van der Waals surface area contributed by atoms with Crippen molar-refractivity contribution in [3.8, 4) is 5.75 Å². The summed E-state index contributed by atoms with van der Waals surface area (Å²) in [6, 6.07) is 9.44. The fourth-order valence-corrected chi connectivity index (χ4v) is 2.74. The predicted octanol–water partition coefficient (Wildman–Crippen LogP) is 4.62. The summed E-state index contributed by atoms with van der Waals surface area (Å²) in [4.78, 5) is 15.3. The quantitative estimate of drug-likeness (QED) is 0.473. The topological polar surface area (TPSA) is 78.6 Å². The molecule has 4 aromatic rings. The Hall–Kier alpha value is -2.73. The Morgan fingerprint density at radius 2 is 1.96 bits per heavy atom. The molecule has 3 N–H and O–H groups in total. The van der Waals surface area contributed by atoms with Crippen molar-refractivity contribution in [2.45, 2.75) is 20.0 Å². The number of H-pyrrole nitrogens is 2. The van der Waals surface area contributed by atoms with Gasteiger partial charge in [0.05, 0.1) is 28.3 Å². The molecule has 7 heteroatoms. The van der Waals surface area contributed by atoms with Gasteiger partial charge in [0, 0.05) is 12.3 Å². The Balaban J connectivity index is 1.67. The Morgan fingerprint density at radius 3 is 2.79 bits per heavy atom. The van der Waals surface area contributed by atoms with Gasteiger partial charge in [-0.2, -0.15) is 0 Å². The van der Waals surface area contributed by atoms with E-state index in [1.165, 1.54) is 0 Å². The van der Waals surface area contributed by atoms with Crippen LogP contribution in [0.15, 0.2) is 36.5 Å². The van der Waals surface area contributed by atoms with Gasteiger partial charge in [-0.25, -0.2) is 9.97 Å². The number of aromatic amines is 2. The summed E-state index contributed by atoms with van der Waals surface area (Å²) >= 11 is 5.98. The number of halogens is 1. The zero-order chi connectivity index (χ0) is 16.7. The molecular formula is C17H16ClN5O. The molecule has 122 valence electrons. The van der Waals surface area contributed by atoms with Crippen molar-refractivity contribution in [2.24, 2.45) is 0 Å². The molecule has 4 rings (SSSR count). The largest absolute Gasteiger partial charge is 0.491 e. The van der Waals surface area contributed by atoms with Gasteiger partial charge < -0.3 is 20.0 Å². The van der Waals surface area contributed by atoms with E-state index in [-0.39, 0.29) is 6.10 Å². The maximum atomic E-state index is 5.98. The second kappa shape index (κ2) is 5.72. The lowest BCUT2D eigenvalue weighted by Crippen LogP contribution is -2.05. The first-order valence-corrected chi connectivity index (χ1v) is 8.03. The van der Waals surface area contributed by atoms with Crippen molar-refractivity contribution in [3.63, 3.8) is 0 Å². The van der Waals surface area contributed by atoms with E-state index in [9.17, 15) is 0 Å². The lowest BCUT2D eigenvalue weighted by molar-refractivity contribution is 0.242. The van der Waals surface area contributed by atoms with Crippen molar-refractivity contribution >= 4 is 45.3 Å². The van der Waals surface area contributed by atoms with Crippen LogP contribution in [0.1, 0.15) is 13.8 Å². The van der Waals surface area contributed by atoms with Crippen molar-refractivity contribution in [1.82, 2.24) is 19.9 Å². The Morgan fingerprint density at radius 1 is 1.12 bits per heavy atom. The van der Waals surface area contributed by atoms with E-state index >= 15 is 0 Å². The maximum Gasteiger partial charge on any atom is 0.205 e. The molecule has 0 aliphatic carbocycles. The molecule has 0 amide bonds. The highest BCUT2D eigenvalue weighted by Crippen LogP contribution is 2.27. The number of aromatic nitrogens is 4. The second-order valence-corrected chi connectivity index (χ2v) is 6.18. The minimum atomic E-state index is 0.126. The number of hydrogen-bond donors (Lipinski definition) is 3. The van der Waals surface area contributed by atoms with Crippen LogP contribution in [0.25, 0.3) is 22.1 Å². The normalized spacial score (nSPS) is 11.5. The second-order valence-electron chi connectivity index (χ2n) is 5.79. The van der Waals surface area contributed by atoms with Gasteiger partial charge in [-0.05, 0) is 38.1 Å². The third-order valence-electron chi connectivity index (χ3n) is 3.57. The average molecular weight is 342 g/mol. The van der Waals surface area contributed by atoms with Crippen molar-refractivity contribution in [3.05, 3.63) is 41.7 Å². The molecule has 0 unspecified atom stereocenters. The third kappa shape index (κ3) is 2.76. The van der Waals surface area contributed by atoms with Gasteiger partial charge in [0.1, 0.15) is 16.4 Å². The summed E-state index contributed by atoms with van der Waals surface area (Å²) in [6.45, 7) is 3.99. The van der Waals surface area contributed by atoms with Crippen LogP contribution in [-0.2, 0) is 0 Å². The average Bonchev–Trinajstić information content (AvgIpc) is 3.10. The highest BCUT2D eigenvalue weighted by Gasteiger charge is 2.10. The van der Waals surface area contributed by atoms with Crippen molar-refractivity contribution < 1.29 is 4.74 Å². The number of nitrogens with one attached hydrogen (secondary N) is 3. The number of imidazole rings is 1. The lowest BCUT2D eigenvalue weighted by Gasteiger charge is -2.08. The number of rotatable bonds is 4. The van der Waals surface area contributed by atoms with Crippen LogP contribution in [0.2, 0.25) is 5.15 Å². The van der Waals surface area contributed by atoms with E-state index in [4.69, 9.17) is 16.3 Å². The zero-order valence-electron chi connectivity index (χ0n) is 13.2. The highest BCUT2D eigenvalue weighted by molar-refractivity contribution is 6.29. The Bertz CT molecular complexity index is 1020. The fourth-order valence-electron chi connectivity index (χ4n) is 2.59. The summed E-state index contributed by atoms with van der Waals surface area (Å²) in [5.74, 6) is 1.44. The number of hydrogen-bond acceptors (Lipinski definition) is 4. The molecule has 3 aromatic heterocycles. The van der Waals surface area contributed by atoms with Crippen molar-refractivity contribution in [1.29, 1.82) is 0 Å². The first-order chi connectivity index (χ1) is 11.6. The number of pyridine rings is 1. The summed E-state index contributed by atoms with van der Waals surface area (Å²) in [5, 5.41) is 3.69. The molecule has 24 heavy (non-hydrogen) atoms. The minimum absolute atomic E-state index is 0.126. The summed E-state index contributed by atoms with van der Waals surface area (Å²) in [5.41, 5.74) is 4.25. The molecule has 0 saturated heterocycles. The summed E-state index contributed by atoms with van der Waals surface area (Å²) in [7, 11) is 0. The van der Waals surface area contributed by atoms with Gasteiger partial charge in [-0.3, -0.25) is 0 Å². The molecule has 1 aromatic carbocycles. The highest BCUT2D eigenvalue weighted by atomic mass is 35.5. The van der Waals surface area contributed by atoms with Crippen molar-refractivity contribution in [2.75, 3.05) is 5.32 Å². The SMILES string of the molecule is CC(C)Oc1ccc2[nH]c(Nc3c[nH]c4ccc(Cl)nc34)nc2c1. The van der Waals surface area contributed by atoms with Gasteiger partial charge in [0.15, 0.2) is 0 Å². The van der Waals surface area contributed by atoms with E-state index < -0.39 is 0 Å². The van der Waals surface area contributed by atoms with E-state index in [1.54, 1.807) is 6.07 Å². The smallest absolute Gasteiger partial charge is 0.205 e. The number of nitrogens with zero attached hydrogens (tertiary/aromatic N) is 2. The van der Waals surface area contributed by atoms with Crippen LogP contribution in [0, 0.1) is 0 Å². The van der Waals surface area contributed by atoms with Gasteiger partial charge in [0.2, 0.25) is 5.95 Å². The lowest BCUT2D eigenvalue weighted by atomic mass is 10.3. The third-order valence-corrected chi connectivity index (χ3v) is 3.78. The molecule has 0 spiro atoms. The molecule has 0 radical (unpaired) electrons. The standard InChI is InChI=1S/C17H16ClN5O/c1-9(2)24-10-3-4-11-13(7-10)21-17(20-11)22-14-8-19-12-5-6-15(18)23-16(12)14/h3-9,19H,1-2H3,(H2,20,21,22). The van der Waals surface area contributed by atoms with E-state index in [0.29, 0.717) is 11.1 Å². The first kappa shape index (κ1) is 14.8. The van der Waals surface area contributed by atoms with Gasteiger partial charge in [-0.1, -0.05) is 11.6 Å². The van der Waals surface area contributed by atoms with E-state index in [1.807, 2.05) is 44.3 Å². The Labute approximate surface area is 143 Å². The molecule has 0 saturated carbocycles. The van der Waals surface area contributed by atoms with E-state index in [2.05, 4.69) is 25.3 Å². The molecule has 0 aliphatic heterocycles. The predicted molar refractivity (Wildman–Crippen MR) is 96.2 cm³/mol. The minimum Gasteiger partial charge on any atom is -0.491 e. The maximum absolute atomic E-state index is 5.98. The van der Waals surface area contributed by atoms with Crippen LogP contribution >= 0.6 is 11.6 Å². The van der Waals surface area contributed by atoms with Crippen LogP contribution in [-0.4, -0.2) is 26.0 Å². The molecule has 3 heterocycles. The summed E-state index contributed by atoms with van der Waals surface area (Å²) < 4.78 is 5.70. The fraction of sp³-hybridized carbons (Fsp3) is 0.176. The Kier molecular flexibility index (Phi) is 3.54. The molecule has 0 aliphatic rings. The number of benzene rings is 1. The van der Waals surface area contributed by atoms with Gasteiger partial charge in [0.25, 0.3) is 0 Å².